The number of aliphatic carboxylic acids is 1. The lowest BCUT2D eigenvalue weighted by atomic mass is 9.82. The number of hydrogen-bond donors (Lipinski definition) is 3. The van der Waals surface area contributed by atoms with E-state index in [-0.39, 0.29) is 24.3 Å². The Bertz CT molecular complexity index is 677. The molecule has 1 aliphatic rings. The fourth-order valence-corrected chi connectivity index (χ4v) is 3.58. The van der Waals surface area contributed by atoms with Gasteiger partial charge in [-0.1, -0.05) is 39.2 Å². The van der Waals surface area contributed by atoms with E-state index in [0.717, 1.165) is 25.7 Å². The Labute approximate surface area is 160 Å². The van der Waals surface area contributed by atoms with Crippen molar-refractivity contribution in [3.8, 4) is 0 Å². The molecule has 1 aromatic carbocycles. The average Bonchev–Trinajstić information content (AvgIpc) is 2.69. The van der Waals surface area contributed by atoms with Crippen LogP contribution in [0.15, 0.2) is 24.3 Å². The summed E-state index contributed by atoms with van der Waals surface area (Å²) < 4.78 is 0. The SMILES string of the molecule is CCC(CC)(CNC(=O)c1cccc(NC(=O)C2CCCCC2)c1)C(=O)O. The van der Waals surface area contributed by atoms with E-state index < -0.39 is 11.4 Å². The Hall–Kier alpha value is -2.37. The van der Waals surface area contributed by atoms with Crippen molar-refractivity contribution in [1.82, 2.24) is 5.32 Å². The Morgan fingerprint density at radius 3 is 2.37 bits per heavy atom. The third-order valence-electron chi connectivity index (χ3n) is 5.76. The number of anilines is 1. The van der Waals surface area contributed by atoms with Crippen LogP contribution in [0, 0.1) is 11.3 Å². The maximum atomic E-state index is 12.5. The molecule has 1 aromatic rings. The van der Waals surface area contributed by atoms with Crippen LogP contribution in [-0.4, -0.2) is 29.4 Å². The van der Waals surface area contributed by atoms with Crippen molar-refractivity contribution >= 4 is 23.5 Å². The predicted molar refractivity (Wildman–Crippen MR) is 105 cm³/mol. The van der Waals surface area contributed by atoms with Gasteiger partial charge in [0.15, 0.2) is 0 Å². The summed E-state index contributed by atoms with van der Waals surface area (Å²) in [7, 11) is 0. The van der Waals surface area contributed by atoms with Gasteiger partial charge in [0.1, 0.15) is 0 Å². The minimum atomic E-state index is -0.956. The molecule has 0 unspecified atom stereocenters. The summed E-state index contributed by atoms with van der Waals surface area (Å²) in [5.41, 5.74) is 0.0410. The molecule has 27 heavy (non-hydrogen) atoms. The molecule has 3 N–H and O–H groups in total. The second-order valence-corrected chi connectivity index (χ2v) is 7.38. The smallest absolute Gasteiger partial charge is 0.311 e. The minimum Gasteiger partial charge on any atom is -0.481 e. The van der Waals surface area contributed by atoms with Crippen LogP contribution in [-0.2, 0) is 9.59 Å². The van der Waals surface area contributed by atoms with Crippen molar-refractivity contribution in [2.45, 2.75) is 58.8 Å². The summed E-state index contributed by atoms with van der Waals surface area (Å²) in [6.07, 6.45) is 6.07. The van der Waals surface area contributed by atoms with Gasteiger partial charge in [-0.25, -0.2) is 0 Å². The summed E-state index contributed by atoms with van der Waals surface area (Å²) in [6.45, 7) is 3.70. The van der Waals surface area contributed by atoms with Gasteiger partial charge in [-0.2, -0.15) is 0 Å². The number of hydrogen-bond acceptors (Lipinski definition) is 3. The van der Waals surface area contributed by atoms with Crippen molar-refractivity contribution in [3.63, 3.8) is 0 Å². The van der Waals surface area contributed by atoms with E-state index in [1.54, 1.807) is 24.3 Å². The van der Waals surface area contributed by atoms with Crippen molar-refractivity contribution in [2.24, 2.45) is 11.3 Å². The van der Waals surface area contributed by atoms with Gasteiger partial charge in [0.25, 0.3) is 5.91 Å². The molecule has 0 spiro atoms. The zero-order valence-corrected chi connectivity index (χ0v) is 16.2. The molecular formula is C21H30N2O4. The average molecular weight is 374 g/mol. The first-order valence-corrected chi connectivity index (χ1v) is 9.84. The molecule has 0 aliphatic heterocycles. The molecule has 6 heteroatoms. The normalized spacial score (nSPS) is 15.2. The van der Waals surface area contributed by atoms with Crippen LogP contribution < -0.4 is 10.6 Å². The number of rotatable bonds is 8. The Morgan fingerprint density at radius 2 is 1.78 bits per heavy atom. The van der Waals surface area contributed by atoms with Gasteiger partial charge >= 0.3 is 5.97 Å². The second kappa shape index (κ2) is 9.53. The quantitative estimate of drug-likeness (QED) is 0.644. The molecule has 1 fully saturated rings. The summed E-state index contributed by atoms with van der Waals surface area (Å²) >= 11 is 0. The molecule has 0 radical (unpaired) electrons. The zero-order valence-electron chi connectivity index (χ0n) is 16.2. The van der Waals surface area contributed by atoms with Crippen molar-refractivity contribution in [2.75, 3.05) is 11.9 Å². The van der Waals surface area contributed by atoms with E-state index in [4.69, 9.17) is 0 Å². The Balaban J connectivity index is 2.00. The molecule has 148 valence electrons. The van der Waals surface area contributed by atoms with Crippen LogP contribution >= 0.6 is 0 Å². The highest BCUT2D eigenvalue weighted by atomic mass is 16.4. The first-order chi connectivity index (χ1) is 12.9. The van der Waals surface area contributed by atoms with E-state index in [0.29, 0.717) is 24.1 Å². The fraction of sp³-hybridized carbons (Fsp3) is 0.571. The van der Waals surface area contributed by atoms with Crippen LogP contribution in [0.25, 0.3) is 0 Å². The van der Waals surface area contributed by atoms with E-state index in [1.807, 2.05) is 13.8 Å². The maximum absolute atomic E-state index is 12.5. The predicted octanol–water partition coefficient (Wildman–Crippen LogP) is 3.83. The molecule has 1 aliphatic carbocycles. The van der Waals surface area contributed by atoms with E-state index in [9.17, 15) is 19.5 Å². The fourth-order valence-electron chi connectivity index (χ4n) is 3.58. The van der Waals surface area contributed by atoms with E-state index in [2.05, 4.69) is 10.6 Å². The number of amides is 2. The topological polar surface area (TPSA) is 95.5 Å². The van der Waals surface area contributed by atoms with Gasteiger partial charge in [0, 0.05) is 23.7 Å². The molecule has 0 atom stereocenters. The highest BCUT2D eigenvalue weighted by Crippen LogP contribution is 2.26. The van der Waals surface area contributed by atoms with Gasteiger partial charge in [-0.3, -0.25) is 14.4 Å². The van der Waals surface area contributed by atoms with Crippen molar-refractivity contribution < 1.29 is 19.5 Å². The number of carboxylic acid groups (broad SMARTS) is 1. The zero-order chi connectivity index (χ0) is 19.9. The molecular weight excluding hydrogens is 344 g/mol. The van der Waals surface area contributed by atoms with Gasteiger partial charge in [-0.05, 0) is 43.9 Å². The molecule has 2 amide bonds. The number of benzene rings is 1. The van der Waals surface area contributed by atoms with Gasteiger partial charge in [-0.15, -0.1) is 0 Å². The standard InChI is InChI=1S/C21H30N2O4/c1-3-21(4-2,20(26)27)14-22-18(24)16-11-8-12-17(13-16)23-19(25)15-9-6-5-7-10-15/h8,11-13,15H,3-7,9-10,14H2,1-2H3,(H,22,24)(H,23,25)(H,26,27). The molecule has 0 saturated heterocycles. The third-order valence-corrected chi connectivity index (χ3v) is 5.76. The largest absolute Gasteiger partial charge is 0.481 e. The Morgan fingerprint density at radius 1 is 1.11 bits per heavy atom. The van der Waals surface area contributed by atoms with Gasteiger partial charge < -0.3 is 15.7 Å². The maximum Gasteiger partial charge on any atom is 0.311 e. The molecule has 1 saturated carbocycles. The number of nitrogens with one attached hydrogen (secondary N) is 2. The summed E-state index contributed by atoms with van der Waals surface area (Å²) in [5.74, 6) is -1.19. The molecule has 0 bridgehead atoms. The van der Waals surface area contributed by atoms with Crippen molar-refractivity contribution in [3.05, 3.63) is 29.8 Å². The number of carbonyl (C=O) groups is 3. The van der Waals surface area contributed by atoms with Crippen LogP contribution in [0.2, 0.25) is 0 Å². The first kappa shape index (κ1) is 20.9. The van der Waals surface area contributed by atoms with Gasteiger partial charge in [0.05, 0.1) is 5.41 Å². The highest BCUT2D eigenvalue weighted by Gasteiger charge is 2.35. The Kier molecular flexibility index (Phi) is 7.39. The van der Waals surface area contributed by atoms with Crippen LogP contribution in [0.5, 0.6) is 0 Å². The lowest BCUT2D eigenvalue weighted by Gasteiger charge is -2.26. The molecule has 6 nitrogen and oxygen atoms in total. The lowest BCUT2D eigenvalue weighted by Crippen LogP contribution is -2.42. The van der Waals surface area contributed by atoms with Crippen molar-refractivity contribution in [1.29, 1.82) is 0 Å². The molecule has 0 aromatic heterocycles. The summed E-state index contributed by atoms with van der Waals surface area (Å²) in [4.78, 5) is 36.4. The summed E-state index contributed by atoms with van der Waals surface area (Å²) in [5, 5.41) is 15.1. The highest BCUT2D eigenvalue weighted by molar-refractivity contribution is 5.97. The minimum absolute atomic E-state index is 0.00844. The second-order valence-electron chi connectivity index (χ2n) is 7.38. The number of carboxylic acids is 1. The van der Waals surface area contributed by atoms with E-state index in [1.165, 1.54) is 6.42 Å². The van der Waals surface area contributed by atoms with Crippen LogP contribution in [0.1, 0.15) is 69.2 Å². The van der Waals surface area contributed by atoms with E-state index >= 15 is 0 Å². The van der Waals surface area contributed by atoms with Gasteiger partial charge in [0.2, 0.25) is 5.91 Å². The first-order valence-electron chi connectivity index (χ1n) is 9.84. The van der Waals surface area contributed by atoms with Crippen LogP contribution in [0.4, 0.5) is 5.69 Å². The summed E-state index contributed by atoms with van der Waals surface area (Å²) in [6, 6.07) is 6.77. The molecule has 2 rings (SSSR count). The molecule has 0 heterocycles. The van der Waals surface area contributed by atoms with Crippen LogP contribution in [0.3, 0.4) is 0 Å². The lowest BCUT2D eigenvalue weighted by molar-refractivity contribution is -0.149. The number of carbonyl (C=O) groups excluding carboxylic acids is 2. The third kappa shape index (κ3) is 5.31. The monoisotopic (exact) mass is 374 g/mol.